The van der Waals surface area contributed by atoms with E-state index in [0.717, 1.165) is 38.2 Å². The molecule has 2 aromatic carbocycles. The highest BCUT2D eigenvalue weighted by Crippen LogP contribution is 2.26. The van der Waals surface area contributed by atoms with E-state index in [0.29, 0.717) is 5.82 Å². The van der Waals surface area contributed by atoms with Crippen LogP contribution in [0.4, 0.5) is 5.69 Å². The van der Waals surface area contributed by atoms with E-state index < -0.39 is 9.84 Å². The maximum Gasteiger partial charge on any atom is 0.198 e. The molecule has 0 unspecified atom stereocenters. The smallest absolute Gasteiger partial charge is 0.198 e. The molecule has 0 spiro atoms. The van der Waals surface area contributed by atoms with Crippen molar-refractivity contribution < 1.29 is 8.42 Å². The largest absolute Gasteiger partial charge is 0.369 e. The summed E-state index contributed by atoms with van der Waals surface area (Å²) in [4.78, 5) is 5.00. The van der Waals surface area contributed by atoms with Crippen LogP contribution in [0.3, 0.4) is 0 Å². The zero-order chi connectivity index (χ0) is 21.8. The molecule has 1 aromatic heterocycles. The molecule has 0 amide bonds. The molecule has 3 aromatic rings. The van der Waals surface area contributed by atoms with E-state index in [1.54, 1.807) is 24.3 Å². The third-order valence-electron chi connectivity index (χ3n) is 5.79. The van der Waals surface area contributed by atoms with Crippen molar-refractivity contribution in [2.75, 3.05) is 31.1 Å². The molecular weight excluding hydrogens is 412 g/mol. The zero-order valence-corrected chi connectivity index (χ0v) is 18.7. The summed E-state index contributed by atoms with van der Waals surface area (Å²) >= 11 is 0. The number of rotatable bonds is 7. The summed E-state index contributed by atoms with van der Waals surface area (Å²) in [6.07, 6.45) is 0.802. The van der Waals surface area contributed by atoms with E-state index in [1.807, 2.05) is 13.0 Å². The number of tetrazole rings is 1. The maximum atomic E-state index is 12.9. The SMILES string of the molecule is CC[C@H](c1nnnn1CS(=O)(=O)c1ccc(C)cc1)N1CCN(c2ccccc2)CC1. The topological polar surface area (TPSA) is 84.2 Å². The predicted octanol–water partition coefficient (Wildman–Crippen LogP) is 2.69. The predicted molar refractivity (Wildman–Crippen MR) is 119 cm³/mol. The molecule has 1 saturated heterocycles. The lowest BCUT2D eigenvalue weighted by Gasteiger charge is -2.39. The van der Waals surface area contributed by atoms with Crippen LogP contribution in [0.25, 0.3) is 0 Å². The first-order valence-corrected chi connectivity index (χ1v) is 12.2. The highest BCUT2D eigenvalue weighted by molar-refractivity contribution is 7.90. The van der Waals surface area contributed by atoms with E-state index in [9.17, 15) is 8.42 Å². The van der Waals surface area contributed by atoms with Crippen molar-refractivity contribution in [3.63, 3.8) is 0 Å². The Bertz CT molecular complexity index is 1090. The van der Waals surface area contributed by atoms with Crippen LogP contribution < -0.4 is 4.90 Å². The van der Waals surface area contributed by atoms with Crippen LogP contribution in [0, 0.1) is 6.92 Å². The van der Waals surface area contributed by atoms with Crippen molar-refractivity contribution in [1.82, 2.24) is 25.1 Å². The molecule has 4 rings (SSSR count). The molecule has 1 aliphatic heterocycles. The van der Waals surface area contributed by atoms with Crippen molar-refractivity contribution >= 4 is 15.5 Å². The van der Waals surface area contributed by atoms with Gasteiger partial charge in [-0.3, -0.25) is 4.90 Å². The fourth-order valence-electron chi connectivity index (χ4n) is 4.06. The quantitative estimate of drug-likeness (QED) is 0.558. The number of aryl methyl sites for hydroxylation is 1. The van der Waals surface area contributed by atoms with E-state index in [2.05, 4.69) is 56.5 Å². The van der Waals surface area contributed by atoms with Gasteiger partial charge >= 0.3 is 0 Å². The lowest BCUT2D eigenvalue weighted by atomic mass is 10.1. The molecular formula is C22H28N6O2S. The molecule has 9 heteroatoms. The lowest BCUT2D eigenvalue weighted by Crippen LogP contribution is -2.48. The zero-order valence-electron chi connectivity index (χ0n) is 17.9. The molecule has 1 aliphatic rings. The van der Waals surface area contributed by atoms with Crippen LogP contribution in [0.1, 0.15) is 30.8 Å². The summed E-state index contributed by atoms with van der Waals surface area (Å²) in [5.74, 6) is 0.338. The minimum atomic E-state index is -3.55. The van der Waals surface area contributed by atoms with Crippen LogP contribution in [0.2, 0.25) is 0 Å². The number of anilines is 1. The summed E-state index contributed by atoms with van der Waals surface area (Å²) in [5, 5.41) is 12.0. The monoisotopic (exact) mass is 440 g/mol. The molecule has 0 bridgehead atoms. The number of benzene rings is 2. The Kier molecular flexibility index (Phi) is 6.33. The standard InChI is InChI=1S/C22H28N6O2S/c1-3-21(27-15-13-26(14-16-27)19-7-5-4-6-8-19)22-23-24-25-28(22)17-31(29,30)20-11-9-18(2)10-12-20/h4-12,21H,3,13-17H2,1-2H3/t21-/m1/s1. The third-order valence-corrected chi connectivity index (χ3v) is 7.37. The molecule has 1 atom stereocenters. The average Bonchev–Trinajstić information content (AvgIpc) is 3.23. The van der Waals surface area contributed by atoms with Crippen LogP contribution in [-0.4, -0.2) is 59.7 Å². The maximum absolute atomic E-state index is 12.9. The van der Waals surface area contributed by atoms with Gasteiger partial charge in [-0.2, -0.15) is 0 Å². The van der Waals surface area contributed by atoms with Gasteiger partial charge in [-0.25, -0.2) is 13.1 Å². The van der Waals surface area contributed by atoms with Gasteiger partial charge in [0, 0.05) is 31.9 Å². The van der Waals surface area contributed by atoms with Gasteiger partial charge in [0.05, 0.1) is 10.9 Å². The normalized spacial score (nSPS) is 16.4. The third kappa shape index (κ3) is 4.77. The first-order valence-electron chi connectivity index (χ1n) is 10.6. The van der Waals surface area contributed by atoms with E-state index >= 15 is 0 Å². The summed E-state index contributed by atoms with van der Waals surface area (Å²) in [6, 6.07) is 17.2. The average molecular weight is 441 g/mol. The molecule has 8 nitrogen and oxygen atoms in total. The van der Waals surface area contributed by atoms with Crippen molar-refractivity contribution in [3.8, 4) is 0 Å². The number of sulfone groups is 1. The van der Waals surface area contributed by atoms with Gasteiger partial charge in [0.15, 0.2) is 21.5 Å². The number of nitrogens with zero attached hydrogens (tertiary/aromatic N) is 6. The highest BCUT2D eigenvalue weighted by atomic mass is 32.2. The lowest BCUT2D eigenvalue weighted by molar-refractivity contribution is 0.170. The second kappa shape index (κ2) is 9.15. The van der Waals surface area contributed by atoms with Crippen molar-refractivity contribution in [3.05, 3.63) is 66.0 Å². The Morgan fingerprint density at radius 3 is 2.29 bits per heavy atom. The molecule has 0 aliphatic carbocycles. The summed E-state index contributed by atoms with van der Waals surface area (Å²) in [5.41, 5.74) is 2.24. The van der Waals surface area contributed by atoms with E-state index in [-0.39, 0.29) is 16.8 Å². The number of piperazine rings is 1. The van der Waals surface area contributed by atoms with Crippen molar-refractivity contribution in [2.24, 2.45) is 0 Å². The molecule has 164 valence electrons. The summed E-state index contributed by atoms with van der Waals surface area (Å²) in [6.45, 7) is 7.56. The van der Waals surface area contributed by atoms with Crippen molar-refractivity contribution in [2.45, 2.75) is 37.1 Å². The van der Waals surface area contributed by atoms with Gasteiger partial charge in [0.25, 0.3) is 0 Å². The second-order valence-corrected chi connectivity index (χ2v) is 9.84. The Morgan fingerprint density at radius 2 is 1.65 bits per heavy atom. The first-order chi connectivity index (χ1) is 15.0. The number of hydrogen-bond donors (Lipinski definition) is 0. The molecule has 0 saturated carbocycles. The number of aromatic nitrogens is 4. The summed E-state index contributed by atoms with van der Waals surface area (Å²) in [7, 11) is -3.55. The first kappa shape index (κ1) is 21.5. The Morgan fingerprint density at radius 1 is 0.968 bits per heavy atom. The van der Waals surface area contributed by atoms with Crippen LogP contribution in [-0.2, 0) is 15.7 Å². The van der Waals surface area contributed by atoms with Gasteiger partial charge in [-0.1, -0.05) is 42.8 Å². The molecule has 2 heterocycles. The van der Waals surface area contributed by atoms with Crippen molar-refractivity contribution in [1.29, 1.82) is 0 Å². The van der Waals surface area contributed by atoms with Crippen LogP contribution in [0.5, 0.6) is 0 Å². The van der Waals surface area contributed by atoms with Gasteiger partial charge in [0.1, 0.15) is 0 Å². The molecule has 0 radical (unpaired) electrons. The fraction of sp³-hybridized carbons (Fsp3) is 0.409. The number of hydrogen-bond acceptors (Lipinski definition) is 7. The Balaban J connectivity index is 1.48. The Hall–Kier alpha value is -2.78. The second-order valence-electron chi connectivity index (χ2n) is 7.88. The summed E-state index contributed by atoms with van der Waals surface area (Å²) < 4.78 is 27.3. The molecule has 1 fully saturated rings. The highest BCUT2D eigenvalue weighted by Gasteiger charge is 2.29. The van der Waals surface area contributed by atoms with Gasteiger partial charge < -0.3 is 4.90 Å². The minimum Gasteiger partial charge on any atom is -0.369 e. The van der Waals surface area contributed by atoms with E-state index in [4.69, 9.17) is 0 Å². The molecule has 31 heavy (non-hydrogen) atoms. The van der Waals surface area contributed by atoms with E-state index in [1.165, 1.54) is 10.4 Å². The van der Waals surface area contributed by atoms with Gasteiger partial charge in [-0.15, -0.1) is 5.10 Å². The van der Waals surface area contributed by atoms with Gasteiger partial charge in [0.2, 0.25) is 0 Å². The van der Waals surface area contributed by atoms with Gasteiger partial charge in [-0.05, 0) is 48.0 Å². The minimum absolute atomic E-state index is 0.0267. The molecule has 0 N–H and O–H groups in total. The Labute approximate surface area is 183 Å². The van der Waals surface area contributed by atoms with Crippen LogP contribution >= 0.6 is 0 Å². The number of para-hydroxylation sites is 1. The fourth-order valence-corrected chi connectivity index (χ4v) is 5.26. The van der Waals surface area contributed by atoms with Crippen LogP contribution in [0.15, 0.2) is 59.5 Å².